The fourth-order valence-corrected chi connectivity index (χ4v) is 2.49. The van der Waals surface area contributed by atoms with Crippen LogP contribution in [-0.2, 0) is 0 Å². The molecule has 3 nitrogen and oxygen atoms in total. The predicted molar refractivity (Wildman–Crippen MR) is 94.1 cm³/mol. The highest BCUT2D eigenvalue weighted by molar-refractivity contribution is 6.05. The van der Waals surface area contributed by atoms with E-state index in [0.29, 0.717) is 6.54 Å². The van der Waals surface area contributed by atoms with Gasteiger partial charge in [-0.3, -0.25) is 0 Å². The molecule has 5 N–H and O–H groups in total. The average Bonchev–Trinajstić information content (AvgIpc) is 2.51. The molecule has 0 heterocycles. The van der Waals surface area contributed by atoms with Crippen molar-refractivity contribution in [1.29, 1.82) is 0 Å². The number of allylic oxidation sites excluding steroid dienone is 2. The summed E-state index contributed by atoms with van der Waals surface area (Å²) in [5.41, 5.74) is 15.8. The van der Waals surface area contributed by atoms with Gasteiger partial charge in [-0.15, -0.1) is 0 Å². The third-order valence-corrected chi connectivity index (χ3v) is 3.49. The summed E-state index contributed by atoms with van der Waals surface area (Å²) in [6, 6.07) is 8.10. The van der Waals surface area contributed by atoms with Gasteiger partial charge in [0.2, 0.25) is 0 Å². The minimum Gasteiger partial charge on any atom is -0.405 e. The Hall–Kier alpha value is -2.68. The predicted octanol–water partition coefficient (Wildman–Crippen LogP) is 3.81. The molecule has 0 saturated heterocycles. The molecule has 0 bridgehead atoms. The van der Waals surface area contributed by atoms with Crippen LogP contribution in [0.4, 0.5) is 11.4 Å². The molecule has 21 heavy (non-hydrogen) atoms. The third kappa shape index (κ3) is 2.92. The second-order valence-corrected chi connectivity index (χ2v) is 4.78. The lowest BCUT2D eigenvalue weighted by atomic mass is 9.96. The molecule has 2 aromatic carbocycles. The number of benzene rings is 2. The average molecular weight is 279 g/mol. The van der Waals surface area contributed by atoms with E-state index in [1.165, 1.54) is 0 Å². The van der Waals surface area contributed by atoms with E-state index >= 15 is 0 Å². The number of hydrogen-bond acceptors (Lipinski definition) is 3. The van der Waals surface area contributed by atoms with Gasteiger partial charge < -0.3 is 16.8 Å². The van der Waals surface area contributed by atoms with Gasteiger partial charge in [-0.2, -0.15) is 0 Å². The van der Waals surface area contributed by atoms with Crippen molar-refractivity contribution in [3.8, 4) is 0 Å². The standard InChI is InChI=1S/C18H21N3/c1-3-4-7-12-21-18-13(2)14(10-11-19)15-8-5-6-9-16(15)17(18)20/h3-11,21H,1,12,19-20H2,2H3/b7-4-,11-10-. The highest BCUT2D eigenvalue weighted by Gasteiger charge is 2.12. The van der Waals surface area contributed by atoms with Crippen molar-refractivity contribution < 1.29 is 0 Å². The van der Waals surface area contributed by atoms with Crippen molar-refractivity contribution in [1.82, 2.24) is 0 Å². The van der Waals surface area contributed by atoms with E-state index in [0.717, 1.165) is 33.3 Å². The molecular weight excluding hydrogens is 258 g/mol. The summed E-state index contributed by atoms with van der Waals surface area (Å²) in [5, 5.41) is 5.52. The second-order valence-electron chi connectivity index (χ2n) is 4.78. The topological polar surface area (TPSA) is 64.1 Å². The summed E-state index contributed by atoms with van der Waals surface area (Å²) >= 11 is 0. The maximum Gasteiger partial charge on any atom is 0.0632 e. The number of nitrogen functional groups attached to an aromatic ring is 1. The van der Waals surface area contributed by atoms with E-state index in [1.54, 1.807) is 12.3 Å². The Morgan fingerprint density at radius 3 is 2.62 bits per heavy atom. The van der Waals surface area contributed by atoms with Crippen LogP contribution in [0.25, 0.3) is 16.8 Å². The Kier molecular flexibility index (Phi) is 4.67. The number of rotatable bonds is 5. The maximum absolute atomic E-state index is 6.34. The van der Waals surface area contributed by atoms with E-state index in [2.05, 4.69) is 24.9 Å². The zero-order valence-electron chi connectivity index (χ0n) is 12.3. The first kappa shape index (κ1) is 14.7. The Bertz CT molecular complexity index is 712. The first-order valence-electron chi connectivity index (χ1n) is 6.91. The number of hydrogen-bond donors (Lipinski definition) is 3. The molecule has 3 heteroatoms. The molecule has 2 rings (SSSR count). The lowest BCUT2D eigenvalue weighted by Crippen LogP contribution is -2.06. The van der Waals surface area contributed by atoms with Crippen molar-refractivity contribution in [2.24, 2.45) is 5.73 Å². The van der Waals surface area contributed by atoms with Crippen LogP contribution in [0.15, 0.2) is 55.3 Å². The second kappa shape index (κ2) is 6.66. The van der Waals surface area contributed by atoms with Gasteiger partial charge >= 0.3 is 0 Å². The number of fused-ring (bicyclic) bond motifs is 1. The number of anilines is 2. The fraction of sp³-hybridized carbons (Fsp3) is 0.111. The minimum atomic E-state index is 0.696. The Morgan fingerprint density at radius 1 is 1.24 bits per heavy atom. The largest absolute Gasteiger partial charge is 0.405 e. The lowest BCUT2D eigenvalue weighted by molar-refractivity contribution is 1.31. The van der Waals surface area contributed by atoms with Crippen LogP contribution in [-0.4, -0.2) is 6.54 Å². The lowest BCUT2D eigenvalue weighted by Gasteiger charge is -2.17. The van der Waals surface area contributed by atoms with Crippen molar-refractivity contribution >= 4 is 28.2 Å². The molecule has 0 spiro atoms. The van der Waals surface area contributed by atoms with Gasteiger partial charge in [0.15, 0.2) is 0 Å². The van der Waals surface area contributed by atoms with Crippen LogP contribution >= 0.6 is 0 Å². The third-order valence-electron chi connectivity index (χ3n) is 3.49. The quantitative estimate of drug-likeness (QED) is 0.576. The number of nitrogens with one attached hydrogen (secondary N) is 1. The molecule has 108 valence electrons. The first-order chi connectivity index (χ1) is 10.2. The highest BCUT2D eigenvalue weighted by atomic mass is 14.9. The normalized spacial score (nSPS) is 11.5. The van der Waals surface area contributed by atoms with Crippen molar-refractivity contribution in [2.45, 2.75) is 6.92 Å². The monoisotopic (exact) mass is 279 g/mol. The van der Waals surface area contributed by atoms with E-state index in [1.807, 2.05) is 36.4 Å². The van der Waals surface area contributed by atoms with Crippen molar-refractivity contribution in [2.75, 3.05) is 17.6 Å². The van der Waals surface area contributed by atoms with Gasteiger partial charge in [-0.25, -0.2) is 0 Å². The van der Waals surface area contributed by atoms with Gasteiger partial charge in [-0.05, 0) is 35.7 Å². The fourth-order valence-electron chi connectivity index (χ4n) is 2.49. The molecule has 2 aromatic rings. The summed E-state index contributed by atoms with van der Waals surface area (Å²) in [5.74, 6) is 0. The van der Waals surface area contributed by atoms with Crippen LogP contribution in [0.2, 0.25) is 0 Å². The van der Waals surface area contributed by atoms with Gasteiger partial charge in [0.25, 0.3) is 0 Å². The summed E-state index contributed by atoms with van der Waals surface area (Å²) in [6.07, 6.45) is 9.13. The molecule has 0 radical (unpaired) electrons. The molecule has 0 fully saturated rings. The minimum absolute atomic E-state index is 0.696. The molecule has 0 atom stereocenters. The van der Waals surface area contributed by atoms with E-state index in [-0.39, 0.29) is 0 Å². The van der Waals surface area contributed by atoms with Gasteiger partial charge in [0.1, 0.15) is 0 Å². The van der Waals surface area contributed by atoms with Crippen LogP contribution in [0, 0.1) is 6.92 Å². The summed E-state index contributed by atoms with van der Waals surface area (Å²) in [6.45, 7) is 6.41. The van der Waals surface area contributed by atoms with E-state index in [9.17, 15) is 0 Å². The Morgan fingerprint density at radius 2 is 1.95 bits per heavy atom. The van der Waals surface area contributed by atoms with Gasteiger partial charge in [-0.1, -0.05) is 49.1 Å². The van der Waals surface area contributed by atoms with Crippen LogP contribution in [0.5, 0.6) is 0 Å². The van der Waals surface area contributed by atoms with Gasteiger partial charge in [0, 0.05) is 11.9 Å². The molecule has 0 aliphatic carbocycles. The first-order valence-corrected chi connectivity index (χ1v) is 6.91. The van der Waals surface area contributed by atoms with Crippen molar-refractivity contribution in [3.05, 3.63) is 66.4 Å². The van der Waals surface area contributed by atoms with Crippen LogP contribution < -0.4 is 16.8 Å². The van der Waals surface area contributed by atoms with Crippen molar-refractivity contribution in [3.63, 3.8) is 0 Å². The smallest absolute Gasteiger partial charge is 0.0632 e. The highest BCUT2D eigenvalue weighted by Crippen LogP contribution is 2.36. The molecule has 0 unspecified atom stereocenters. The summed E-state index contributed by atoms with van der Waals surface area (Å²) in [4.78, 5) is 0. The summed E-state index contributed by atoms with van der Waals surface area (Å²) in [7, 11) is 0. The maximum atomic E-state index is 6.34. The van der Waals surface area contributed by atoms with E-state index < -0.39 is 0 Å². The zero-order chi connectivity index (χ0) is 15.2. The molecule has 0 aliphatic heterocycles. The molecule has 0 aromatic heterocycles. The van der Waals surface area contributed by atoms with Crippen LogP contribution in [0.1, 0.15) is 11.1 Å². The Labute approximate surface area is 125 Å². The molecule has 0 amide bonds. The van der Waals surface area contributed by atoms with Crippen LogP contribution in [0.3, 0.4) is 0 Å². The van der Waals surface area contributed by atoms with Gasteiger partial charge in [0.05, 0.1) is 11.4 Å². The molecule has 0 saturated carbocycles. The number of nitrogens with two attached hydrogens (primary N) is 2. The molecule has 0 aliphatic rings. The molecular formula is C18H21N3. The SMILES string of the molecule is C=C/C=C\CNc1c(C)c(/C=C\N)c2ccccc2c1N. The Balaban J connectivity index is 2.59. The summed E-state index contributed by atoms with van der Waals surface area (Å²) < 4.78 is 0. The van der Waals surface area contributed by atoms with E-state index in [4.69, 9.17) is 11.5 Å². The zero-order valence-corrected chi connectivity index (χ0v) is 12.3.